The zero-order valence-electron chi connectivity index (χ0n) is 13.3. The van der Waals surface area contributed by atoms with Crippen LogP contribution in [0.3, 0.4) is 0 Å². The number of amides is 1. The maximum atomic E-state index is 12.2. The molecule has 6 heteroatoms. The molecule has 122 valence electrons. The van der Waals surface area contributed by atoms with Gasteiger partial charge in [-0.1, -0.05) is 13.8 Å². The number of aliphatic carboxylic acids is 1. The molecule has 1 amide bonds. The maximum absolute atomic E-state index is 12.2. The van der Waals surface area contributed by atoms with Gasteiger partial charge >= 0.3 is 5.97 Å². The van der Waals surface area contributed by atoms with Crippen molar-refractivity contribution in [3.8, 4) is 0 Å². The van der Waals surface area contributed by atoms with Crippen molar-refractivity contribution in [3.05, 3.63) is 0 Å². The lowest BCUT2D eigenvalue weighted by molar-refractivity contribution is -0.138. The standard InChI is InChI=1S/C15H29N3O3/c1-15(2,6-7-16)5-3-13(19)18-11-9-17(10-12-18)8-4-14(20)21/h3-12,16H2,1-2H3,(H,20,21). The minimum absolute atomic E-state index is 0.119. The third kappa shape index (κ3) is 6.91. The second-order valence-electron chi connectivity index (χ2n) is 6.57. The summed E-state index contributed by atoms with van der Waals surface area (Å²) in [6, 6.07) is 0. The van der Waals surface area contributed by atoms with E-state index in [0.717, 1.165) is 25.9 Å². The van der Waals surface area contributed by atoms with E-state index in [1.54, 1.807) is 0 Å². The first-order chi connectivity index (χ1) is 9.84. The Kier molecular flexibility index (Phi) is 7.11. The Balaban J connectivity index is 2.27. The van der Waals surface area contributed by atoms with Crippen molar-refractivity contribution in [2.75, 3.05) is 39.3 Å². The highest BCUT2D eigenvalue weighted by molar-refractivity contribution is 5.76. The number of nitrogens with two attached hydrogens (primary N) is 1. The SMILES string of the molecule is CC(C)(CCN)CCC(=O)N1CCN(CCC(=O)O)CC1. The van der Waals surface area contributed by atoms with Gasteiger partial charge < -0.3 is 15.7 Å². The summed E-state index contributed by atoms with van der Waals surface area (Å²) in [4.78, 5) is 26.8. The number of carboxylic acid groups (broad SMARTS) is 1. The Morgan fingerprint density at radius 2 is 1.71 bits per heavy atom. The first-order valence-electron chi connectivity index (χ1n) is 7.76. The van der Waals surface area contributed by atoms with Crippen molar-refractivity contribution < 1.29 is 14.7 Å². The Hall–Kier alpha value is -1.14. The van der Waals surface area contributed by atoms with Crippen LogP contribution >= 0.6 is 0 Å². The van der Waals surface area contributed by atoms with Crippen molar-refractivity contribution in [2.24, 2.45) is 11.1 Å². The van der Waals surface area contributed by atoms with E-state index in [0.29, 0.717) is 32.6 Å². The molecule has 3 N–H and O–H groups in total. The number of carboxylic acids is 1. The van der Waals surface area contributed by atoms with Crippen LogP contribution in [0.4, 0.5) is 0 Å². The van der Waals surface area contributed by atoms with Crippen molar-refractivity contribution in [1.82, 2.24) is 9.80 Å². The summed E-state index contributed by atoms with van der Waals surface area (Å²) >= 11 is 0. The Morgan fingerprint density at radius 1 is 1.10 bits per heavy atom. The molecule has 0 bridgehead atoms. The van der Waals surface area contributed by atoms with E-state index < -0.39 is 5.97 Å². The summed E-state index contributed by atoms with van der Waals surface area (Å²) in [7, 11) is 0. The second-order valence-corrected chi connectivity index (χ2v) is 6.57. The van der Waals surface area contributed by atoms with E-state index in [-0.39, 0.29) is 17.7 Å². The van der Waals surface area contributed by atoms with E-state index >= 15 is 0 Å². The largest absolute Gasteiger partial charge is 0.481 e. The predicted octanol–water partition coefficient (Wildman–Crippen LogP) is 0.761. The molecule has 1 aliphatic heterocycles. The highest BCUT2D eigenvalue weighted by Crippen LogP contribution is 2.26. The fraction of sp³-hybridized carbons (Fsp3) is 0.867. The number of hydrogen-bond acceptors (Lipinski definition) is 4. The average molecular weight is 299 g/mol. The zero-order valence-corrected chi connectivity index (χ0v) is 13.3. The highest BCUT2D eigenvalue weighted by atomic mass is 16.4. The maximum Gasteiger partial charge on any atom is 0.304 e. The lowest BCUT2D eigenvalue weighted by atomic mass is 9.84. The molecule has 0 radical (unpaired) electrons. The molecular weight excluding hydrogens is 270 g/mol. The molecule has 0 spiro atoms. The number of hydrogen-bond donors (Lipinski definition) is 2. The van der Waals surface area contributed by atoms with Gasteiger partial charge in [0.15, 0.2) is 0 Å². The molecule has 0 aromatic heterocycles. The first kappa shape index (κ1) is 17.9. The Bertz CT molecular complexity index is 350. The number of nitrogens with zero attached hydrogens (tertiary/aromatic N) is 2. The molecule has 1 rings (SSSR count). The molecular formula is C15H29N3O3. The summed E-state index contributed by atoms with van der Waals surface area (Å²) in [6.07, 6.45) is 2.54. The number of piperazine rings is 1. The summed E-state index contributed by atoms with van der Waals surface area (Å²) in [6.45, 7) is 8.47. The van der Waals surface area contributed by atoms with Crippen LogP contribution in [0.2, 0.25) is 0 Å². The molecule has 0 aliphatic carbocycles. The van der Waals surface area contributed by atoms with Crippen molar-refractivity contribution >= 4 is 11.9 Å². The van der Waals surface area contributed by atoms with Gasteiger partial charge in [-0.25, -0.2) is 0 Å². The van der Waals surface area contributed by atoms with E-state index in [9.17, 15) is 9.59 Å². The van der Waals surface area contributed by atoms with Crippen LogP contribution in [0, 0.1) is 5.41 Å². The molecule has 0 aromatic rings. The summed E-state index contributed by atoms with van der Waals surface area (Å²) < 4.78 is 0. The molecule has 0 aromatic carbocycles. The van der Waals surface area contributed by atoms with Crippen LogP contribution in [0.25, 0.3) is 0 Å². The Morgan fingerprint density at radius 3 is 2.24 bits per heavy atom. The normalized spacial score (nSPS) is 17.0. The van der Waals surface area contributed by atoms with E-state index in [1.165, 1.54) is 0 Å². The lowest BCUT2D eigenvalue weighted by Crippen LogP contribution is -2.49. The quantitative estimate of drug-likeness (QED) is 0.691. The van der Waals surface area contributed by atoms with E-state index in [2.05, 4.69) is 18.7 Å². The third-order valence-corrected chi connectivity index (χ3v) is 4.20. The number of carbonyl (C=O) groups excluding carboxylic acids is 1. The summed E-state index contributed by atoms with van der Waals surface area (Å²) in [5.41, 5.74) is 5.70. The highest BCUT2D eigenvalue weighted by Gasteiger charge is 2.24. The van der Waals surface area contributed by atoms with Crippen LogP contribution in [0.5, 0.6) is 0 Å². The number of rotatable bonds is 8. The molecule has 21 heavy (non-hydrogen) atoms. The molecule has 0 atom stereocenters. The molecule has 1 heterocycles. The minimum Gasteiger partial charge on any atom is -0.481 e. The minimum atomic E-state index is -0.768. The molecule has 1 aliphatic rings. The summed E-state index contributed by atoms with van der Waals surface area (Å²) in [5, 5.41) is 8.67. The number of carbonyl (C=O) groups is 2. The van der Waals surface area contributed by atoms with Gasteiger partial charge in [-0.15, -0.1) is 0 Å². The zero-order chi connectivity index (χ0) is 15.9. The van der Waals surface area contributed by atoms with Gasteiger partial charge in [0, 0.05) is 39.1 Å². The second kappa shape index (κ2) is 8.34. The lowest BCUT2D eigenvalue weighted by Gasteiger charge is -2.35. The molecule has 0 unspecified atom stereocenters. The fourth-order valence-corrected chi connectivity index (χ4v) is 2.59. The molecule has 1 fully saturated rings. The molecule has 1 saturated heterocycles. The van der Waals surface area contributed by atoms with Crippen LogP contribution in [0.15, 0.2) is 0 Å². The van der Waals surface area contributed by atoms with Crippen LogP contribution in [0.1, 0.15) is 39.5 Å². The first-order valence-corrected chi connectivity index (χ1v) is 7.76. The van der Waals surface area contributed by atoms with Gasteiger partial charge in [-0.05, 0) is 24.8 Å². The topological polar surface area (TPSA) is 86.9 Å². The fourth-order valence-electron chi connectivity index (χ4n) is 2.59. The van der Waals surface area contributed by atoms with E-state index in [1.807, 2.05) is 4.90 Å². The van der Waals surface area contributed by atoms with Gasteiger partial charge in [-0.3, -0.25) is 14.5 Å². The van der Waals surface area contributed by atoms with Crippen LogP contribution in [-0.4, -0.2) is 66.1 Å². The molecule has 0 saturated carbocycles. The Labute approximate surface area is 127 Å². The van der Waals surface area contributed by atoms with Crippen molar-refractivity contribution in [3.63, 3.8) is 0 Å². The molecule has 6 nitrogen and oxygen atoms in total. The van der Waals surface area contributed by atoms with Gasteiger partial charge in [0.2, 0.25) is 5.91 Å². The monoisotopic (exact) mass is 299 g/mol. The smallest absolute Gasteiger partial charge is 0.304 e. The van der Waals surface area contributed by atoms with Gasteiger partial charge in [0.1, 0.15) is 0 Å². The van der Waals surface area contributed by atoms with E-state index in [4.69, 9.17) is 10.8 Å². The van der Waals surface area contributed by atoms with Gasteiger partial charge in [0.25, 0.3) is 0 Å². The van der Waals surface area contributed by atoms with Crippen molar-refractivity contribution in [1.29, 1.82) is 0 Å². The average Bonchev–Trinajstić information content (AvgIpc) is 2.43. The summed E-state index contributed by atoms with van der Waals surface area (Å²) in [5.74, 6) is -0.561. The van der Waals surface area contributed by atoms with Crippen LogP contribution < -0.4 is 5.73 Å². The van der Waals surface area contributed by atoms with Gasteiger partial charge in [0.05, 0.1) is 6.42 Å². The third-order valence-electron chi connectivity index (χ3n) is 4.20. The van der Waals surface area contributed by atoms with Gasteiger partial charge in [-0.2, -0.15) is 0 Å². The predicted molar refractivity (Wildman–Crippen MR) is 82.0 cm³/mol. The van der Waals surface area contributed by atoms with Crippen molar-refractivity contribution in [2.45, 2.75) is 39.5 Å². The van der Waals surface area contributed by atoms with Crippen LogP contribution in [-0.2, 0) is 9.59 Å².